The SMILES string of the molecule is CNCC(O)C(O)c1ccc(O)c(C#N)c1. The summed E-state index contributed by atoms with van der Waals surface area (Å²) in [6.45, 7) is 0.240. The van der Waals surface area contributed by atoms with Gasteiger partial charge in [0, 0.05) is 6.54 Å². The molecule has 0 saturated heterocycles. The lowest BCUT2D eigenvalue weighted by molar-refractivity contribution is 0.0202. The van der Waals surface area contributed by atoms with Crippen molar-refractivity contribution in [3.8, 4) is 11.8 Å². The highest BCUT2D eigenvalue weighted by atomic mass is 16.3. The molecule has 2 atom stereocenters. The average Bonchev–Trinajstić information content (AvgIpc) is 2.29. The molecule has 1 aromatic rings. The van der Waals surface area contributed by atoms with E-state index in [0.717, 1.165) is 0 Å². The van der Waals surface area contributed by atoms with Gasteiger partial charge in [0.1, 0.15) is 17.9 Å². The van der Waals surface area contributed by atoms with Crippen LogP contribution in [0.15, 0.2) is 18.2 Å². The molecule has 2 unspecified atom stereocenters. The van der Waals surface area contributed by atoms with E-state index < -0.39 is 12.2 Å². The van der Waals surface area contributed by atoms with Gasteiger partial charge in [-0.1, -0.05) is 6.07 Å². The van der Waals surface area contributed by atoms with Gasteiger partial charge in [-0.15, -0.1) is 0 Å². The van der Waals surface area contributed by atoms with Crippen molar-refractivity contribution in [2.75, 3.05) is 13.6 Å². The van der Waals surface area contributed by atoms with E-state index >= 15 is 0 Å². The number of benzene rings is 1. The highest BCUT2D eigenvalue weighted by Crippen LogP contribution is 2.23. The molecule has 0 spiro atoms. The highest BCUT2D eigenvalue weighted by Gasteiger charge is 2.18. The van der Waals surface area contributed by atoms with E-state index in [1.165, 1.54) is 18.2 Å². The Bertz CT molecular complexity index is 401. The second kappa shape index (κ2) is 5.47. The fourth-order valence-corrected chi connectivity index (χ4v) is 1.37. The lowest BCUT2D eigenvalue weighted by Crippen LogP contribution is -2.29. The van der Waals surface area contributed by atoms with Crippen LogP contribution in [0.25, 0.3) is 0 Å². The minimum atomic E-state index is -1.08. The first-order valence-corrected chi connectivity index (χ1v) is 4.84. The number of hydrogen-bond donors (Lipinski definition) is 4. The second-order valence-electron chi connectivity index (χ2n) is 3.46. The van der Waals surface area contributed by atoms with Crippen LogP contribution in [0.4, 0.5) is 0 Å². The van der Waals surface area contributed by atoms with E-state index in [-0.39, 0.29) is 17.9 Å². The van der Waals surface area contributed by atoms with Gasteiger partial charge in [0.2, 0.25) is 0 Å². The maximum atomic E-state index is 9.75. The Morgan fingerprint density at radius 2 is 2.12 bits per heavy atom. The van der Waals surface area contributed by atoms with Crippen LogP contribution in [0.1, 0.15) is 17.2 Å². The van der Waals surface area contributed by atoms with Gasteiger partial charge >= 0.3 is 0 Å². The fraction of sp³-hybridized carbons (Fsp3) is 0.364. The molecule has 0 saturated carbocycles. The third-order valence-corrected chi connectivity index (χ3v) is 2.26. The topological polar surface area (TPSA) is 96.5 Å². The minimum Gasteiger partial charge on any atom is -0.507 e. The molecule has 1 rings (SSSR count). The monoisotopic (exact) mass is 222 g/mol. The normalized spacial score (nSPS) is 14.1. The van der Waals surface area contributed by atoms with Crippen LogP contribution in [0.2, 0.25) is 0 Å². The molecule has 0 fully saturated rings. The van der Waals surface area contributed by atoms with Crippen LogP contribution in [0.3, 0.4) is 0 Å². The molecule has 0 aromatic heterocycles. The third-order valence-electron chi connectivity index (χ3n) is 2.26. The fourth-order valence-electron chi connectivity index (χ4n) is 1.37. The third kappa shape index (κ3) is 2.70. The molecule has 5 heteroatoms. The Hall–Kier alpha value is -1.61. The number of aliphatic hydroxyl groups excluding tert-OH is 2. The Balaban J connectivity index is 2.92. The van der Waals surface area contributed by atoms with Gasteiger partial charge in [-0.05, 0) is 24.7 Å². The Morgan fingerprint density at radius 1 is 1.44 bits per heavy atom. The number of aromatic hydroxyl groups is 1. The van der Waals surface area contributed by atoms with E-state index in [0.29, 0.717) is 5.56 Å². The zero-order chi connectivity index (χ0) is 12.1. The second-order valence-corrected chi connectivity index (χ2v) is 3.46. The summed E-state index contributed by atoms with van der Waals surface area (Å²) < 4.78 is 0. The molecule has 16 heavy (non-hydrogen) atoms. The summed E-state index contributed by atoms with van der Waals surface area (Å²) in [7, 11) is 1.66. The number of likely N-dealkylation sites (N-methyl/N-ethyl adjacent to an activating group) is 1. The smallest absolute Gasteiger partial charge is 0.133 e. The molecule has 0 amide bonds. The van der Waals surface area contributed by atoms with Crippen molar-refractivity contribution < 1.29 is 15.3 Å². The number of hydrogen-bond acceptors (Lipinski definition) is 5. The number of phenolic OH excluding ortho intramolecular Hbond substituents is 1. The summed E-state index contributed by atoms with van der Waals surface area (Å²) >= 11 is 0. The lowest BCUT2D eigenvalue weighted by Gasteiger charge is -2.18. The first kappa shape index (κ1) is 12.5. The van der Waals surface area contributed by atoms with Crippen molar-refractivity contribution in [2.24, 2.45) is 0 Å². The standard InChI is InChI=1S/C11H14N2O3/c1-13-6-10(15)11(16)7-2-3-9(14)8(4-7)5-12/h2-4,10-11,13-16H,6H2,1H3. The zero-order valence-corrected chi connectivity index (χ0v) is 8.88. The molecule has 0 heterocycles. The van der Waals surface area contributed by atoms with E-state index in [1.54, 1.807) is 13.1 Å². The number of nitrogens with zero attached hydrogens (tertiary/aromatic N) is 1. The van der Waals surface area contributed by atoms with Gasteiger partial charge in [-0.3, -0.25) is 0 Å². The predicted molar refractivity (Wildman–Crippen MR) is 57.7 cm³/mol. The molecule has 0 aliphatic carbocycles. The quantitative estimate of drug-likeness (QED) is 0.569. The van der Waals surface area contributed by atoms with Crippen LogP contribution in [0.5, 0.6) is 5.75 Å². The zero-order valence-electron chi connectivity index (χ0n) is 8.88. The molecular formula is C11H14N2O3. The van der Waals surface area contributed by atoms with E-state index in [4.69, 9.17) is 5.26 Å². The van der Waals surface area contributed by atoms with Crippen LogP contribution in [0, 0.1) is 11.3 Å². The van der Waals surface area contributed by atoms with E-state index in [2.05, 4.69) is 5.32 Å². The van der Waals surface area contributed by atoms with Gasteiger partial charge < -0.3 is 20.6 Å². The molecular weight excluding hydrogens is 208 g/mol. The van der Waals surface area contributed by atoms with Crippen LogP contribution in [-0.2, 0) is 0 Å². The maximum Gasteiger partial charge on any atom is 0.133 e. The minimum absolute atomic E-state index is 0.0770. The average molecular weight is 222 g/mol. The summed E-state index contributed by atoms with van der Waals surface area (Å²) in [5, 5.41) is 40.0. The molecule has 0 radical (unpaired) electrons. The van der Waals surface area contributed by atoms with Crippen molar-refractivity contribution in [3.05, 3.63) is 29.3 Å². The number of phenols is 1. The summed E-state index contributed by atoms with van der Waals surface area (Å²) in [6.07, 6.45) is -2.04. The van der Waals surface area contributed by atoms with Crippen LogP contribution < -0.4 is 5.32 Å². The van der Waals surface area contributed by atoms with Gasteiger partial charge in [-0.2, -0.15) is 5.26 Å². The number of rotatable bonds is 4. The predicted octanol–water partition coefficient (Wildman–Crippen LogP) is -0.122. The first-order valence-electron chi connectivity index (χ1n) is 4.84. The number of nitrogens with one attached hydrogen (secondary N) is 1. The van der Waals surface area contributed by atoms with Crippen molar-refractivity contribution >= 4 is 0 Å². The van der Waals surface area contributed by atoms with Gasteiger partial charge in [0.05, 0.1) is 11.7 Å². The van der Waals surface area contributed by atoms with Crippen molar-refractivity contribution in [1.29, 1.82) is 5.26 Å². The van der Waals surface area contributed by atoms with Crippen molar-refractivity contribution in [2.45, 2.75) is 12.2 Å². The summed E-state index contributed by atoms with van der Waals surface area (Å²) in [4.78, 5) is 0. The van der Waals surface area contributed by atoms with Crippen LogP contribution in [-0.4, -0.2) is 35.0 Å². The first-order chi connectivity index (χ1) is 7.60. The summed E-state index contributed by atoms with van der Waals surface area (Å²) in [6, 6.07) is 5.96. The van der Waals surface area contributed by atoms with E-state index in [1.807, 2.05) is 0 Å². The Labute approximate surface area is 93.6 Å². The van der Waals surface area contributed by atoms with Crippen molar-refractivity contribution in [3.63, 3.8) is 0 Å². The van der Waals surface area contributed by atoms with Gasteiger partial charge in [0.25, 0.3) is 0 Å². The molecule has 5 nitrogen and oxygen atoms in total. The van der Waals surface area contributed by atoms with Crippen LogP contribution >= 0.6 is 0 Å². The molecule has 0 bridgehead atoms. The lowest BCUT2D eigenvalue weighted by atomic mass is 10.0. The van der Waals surface area contributed by atoms with E-state index in [9.17, 15) is 15.3 Å². The van der Waals surface area contributed by atoms with Gasteiger partial charge in [-0.25, -0.2) is 0 Å². The highest BCUT2D eigenvalue weighted by molar-refractivity contribution is 5.45. The molecule has 0 aliphatic heterocycles. The molecule has 1 aromatic carbocycles. The largest absolute Gasteiger partial charge is 0.507 e. The number of aliphatic hydroxyl groups is 2. The number of nitriles is 1. The summed E-state index contributed by atoms with van der Waals surface area (Å²) in [5.74, 6) is -0.137. The van der Waals surface area contributed by atoms with Gasteiger partial charge in [0.15, 0.2) is 0 Å². The Kier molecular flexibility index (Phi) is 4.26. The Morgan fingerprint density at radius 3 is 2.69 bits per heavy atom. The molecule has 86 valence electrons. The molecule has 0 aliphatic rings. The molecule has 4 N–H and O–H groups in total. The van der Waals surface area contributed by atoms with Crippen molar-refractivity contribution in [1.82, 2.24) is 5.32 Å². The summed E-state index contributed by atoms with van der Waals surface area (Å²) in [5.41, 5.74) is 0.477. The maximum absolute atomic E-state index is 9.75.